The number of aromatic hydroxyl groups is 2. The van der Waals surface area contributed by atoms with Gasteiger partial charge >= 0.3 is 11.9 Å². The maximum Gasteiger partial charge on any atom is 0.339 e. The van der Waals surface area contributed by atoms with E-state index in [9.17, 15) is 34.5 Å². The lowest BCUT2D eigenvalue weighted by atomic mass is 9.51. The average molecular weight is 676 g/mol. The van der Waals surface area contributed by atoms with E-state index >= 15 is 0 Å². The summed E-state index contributed by atoms with van der Waals surface area (Å²) in [5, 5.41) is 32.5. The molecule has 0 radical (unpaired) electrons. The number of thioether (sulfide) groups is 1. The average Bonchev–Trinajstić information content (AvgIpc) is 3.35. The van der Waals surface area contributed by atoms with Gasteiger partial charge in [-0.15, -0.1) is 0 Å². The van der Waals surface area contributed by atoms with Crippen molar-refractivity contribution in [2.75, 3.05) is 5.32 Å². The fourth-order valence-corrected chi connectivity index (χ4v) is 9.81. The minimum absolute atomic E-state index is 0.0771. The maximum absolute atomic E-state index is 14.6. The van der Waals surface area contributed by atoms with Gasteiger partial charge in [0.15, 0.2) is 11.5 Å². The van der Waals surface area contributed by atoms with E-state index in [2.05, 4.69) is 18.3 Å². The topological polar surface area (TPSA) is 159 Å². The molecule has 1 spiro atoms. The standard InChI is InChI=1S/C37H41NO9S/c1-34(2,3)47-28(41)12-9-20-7-6-8-22(15-20)48-26-18-37-17-21-16-25(46-36(21,5)19-37)31(37)35(4,32(26)43)14-13-27(40)38-29-24(39)11-10-23(30(29)42)33(44)45/h6-12,15,18,21,25,31,39,42H,13-14,16-17,19H2,1-5H3,(H,38,40)(H,44,45)/b12-9+/t21-,25+,31+,35+,36+,37-/m1/s1. The first-order valence-corrected chi connectivity index (χ1v) is 17.0. The lowest BCUT2D eigenvalue weighted by Gasteiger charge is -2.56. The second-order valence-electron chi connectivity index (χ2n) is 15.0. The molecule has 48 heavy (non-hydrogen) atoms. The number of phenols is 2. The Morgan fingerprint density at radius 3 is 2.58 bits per heavy atom. The Bertz CT molecular complexity index is 1780. The van der Waals surface area contributed by atoms with E-state index in [1.807, 2.05) is 31.2 Å². The van der Waals surface area contributed by atoms with E-state index in [0.717, 1.165) is 41.9 Å². The Morgan fingerprint density at radius 2 is 1.90 bits per heavy atom. The van der Waals surface area contributed by atoms with Gasteiger partial charge in [0.25, 0.3) is 0 Å². The van der Waals surface area contributed by atoms with E-state index in [1.54, 1.807) is 26.8 Å². The van der Waals surface area contributed by atoms with Crippen molar-refractivity contribution in [1.29, 1.82) is 0 Å². The summed E-state index contributed by atoms with van der Waals surface area (Å²) in [6.07, 6.45) is 7.73. The van der Waals surface area contributed by atoms with Crippen molar-refractivity contribution >= 4 is 47.2 Å². The number of benzene rings is 2. The minimum atomic E-state index is -1.41. The molecule has 2 aliphatic heterocycles. The predicted octanol–water partition coefficient (Wildman–Crippen LogP) is 6.71. The predicted molar refractivity (Wildman–Crippen MR) is 180 cm³/mol. The number of rotatable bonds is 9. The van der Waals surface area contributed by atoms with Crippen molar-refractivity contribution < 1.29 is 44.0 Å². The normalized spacial score (nSPS) is 30.3. The molecule has 6 atom stereocenters. The Morgan fingerprint density at radius 1 is 1.15 bits per heavy atom. The molecule has 3 aliphatic carbocycles. The van der Waals surface area contributed by atoms with E-state index in [0.29, 0.717) is 10.8 Å². The van der Waals surface area contributed by atoms with Crippen LogP contribution in [-0.2, 0) is 23.9 Å². The molecular weight excluding hydrogens is 634 g/mol. The Balaban J connectivity index is 1.26. The number of ketones is 1. The number of carboxylic acids is 1. The molecule has 5 aliphatic rings. The highest BCUT2D eigenvalue weighted by Crippen LogP contribution is 2.72. The van der Waals surface area contributed by atoms with Gasteiger partial charge in [0.2, 0.25) is 5.91 Å². The second-order valence-corrected chi connectivity index (χ2v) is 16.1. The van der Waals surface area contributed by atoms with E-state index in [1.165, 1.54) is 17.8 Å². The van der Waals surface area contributed by atoms with Crippen LogP contribution in [0.2, 0.25) is 0 Å². The van der Waals surface area contributed by atoms with Crippen LogP contribution in [0.15, 0.2) is 58.4 Å². The van der Waals surface area contributed by atoms with Crippen LogP contribution in [0, 0.1) is 22.7 Å². The quantitative estimate of drug-likeness (QED) is 0.128. The first-order valence-electron chi connectivity index (χ1n) is 16.2. The summed E-state index contributed by atoms with van der Waals surface area (Å²) < 4.78 is 12.0. The molecule has 7 rings (SSSR count). The van der Waals surface area contributed by atoms with Crippen molar-refractivity contribution in [3.8, 4) is 11.5 Å². The molecule has 10 nitrogen and oxygen atoms in total. The summed E-state index contributed by atoms with van der Waals surface area (Å²) in [5.41, 5.74) is -2.17. The van der Waals surface area contributed by atoms with Gasteiger partial charge in [-0.1, -0.05) is 36.9 Å². The molecule has 2 saturated carbocycles. The number of hydrogen-bond donors (Lipinski definition) is 4. The third-order valence-electron chi connectivity index (χ3n) is 10.4. The highest BCUT2D eigenvalue weighted by molar-refractivity contribution is 8.04. The molecule has 2 aromatic carbocycles. The zero-order valence-electron chi connectivity index (χ0n) is 27.7. The lowest BCUT2D eigenvalue weighted by molar-refractivity contribution is -0.169. The highest BCUT2D eigenvalue weighted by atomic mass is 32.2. The van der Waals surface area contributed by atoms with Crippen LogP contribution in [0.4, 0.5) is 5.69 Å². The van der Waals surface area contributed by atoms with Gasteiger partial charge in [-0.2, -0.15) is 0 Å². The van der Waals surface area contributed by atoms with Crippen molar-refractivity contribution in [2.45, 2.75) is 88.9 Å². The van der Waals surface area contributed by atoms with Gasteiger partial charge in [-0.05, 0) is 101 Å². The van der Waals surface area contributed by atoms with Gasteiger partial charge in [-0.3, -0.25) is 9.59 Å². The monoisotopic (exact) mass is 675 g/mol. The third-order valence-corrected chi connectivity index (χ3v) is 11.4. The number of amides is 1. The second kappa shape index (κ2) is 11.8. The zero-order chi connectivity index (χ0) is 34.8. The molecule has 4 fully saturated rings. The molecule has 254 valence electrons. The molecule has 0 aromatic heterocycles. The minimum Gasteiger partial charge on any atom is -0.506 e. The first-order chi connectivity index (χ1) is 22.4. The van der Waals surface area contributed by atoms with Crippen LogP contribution in [0.5, 0.6) is 11.5 Å². The number of carboxylic acid groups (broad SMARTS) is 1. The molecule has 2 saturated heterocycles. The fourth-order valence-electron chi connectivity index (χ4n) is 8.60. The van der Waals surface area contributed by atoms with Crippen LogP contribution in [0.1, 0.15) is 82.6 Å². The number of ether oxygens (including phenoxy) is 2. The highest BCUT2D eigenvalue weighted by Gasteiger charge is 2.72. The SMILES string of the molecule is CC(C)(C)OC(=O)/C=C/c1cccc(SC2=C[C@]34C[C@H]5C[C@H](O[C@@]5(C)C3)[C@H]4[C@](C)(CCC(=O)Nc3c(O)ccc(C(=O)O)c3O)C2=O)c1. The number of Topliss-reactive ketones (excluding diaryl/α,β-unsaturated/α-hetero) is 1. The number of anilines is 1. The Kier molecular flexibility index (Phi) is 8.31. The zero-order valence-corrected chi connectivity index (χ0v) is 28.5. The Hall–Kier alpha value is -4.09. The number of phenolic OH excluding ortho intramolecular Hbond substituents is 1. The van der Waals surface area contributed by atoms with Crippen LogP contribution < -0.4 is 5.32 Å². The van der Waals surface area contributed by atoms with Gasteiger partial charge in [0.05, 0.1) is 16.6 Å². The Labute approximate surface area is 283 Å². The van der Waals surface area contributed by atoms with Gasteiger partial charge in [-0.25, -0.2) is 9.59 Å². The van der Waals surface area contributed by atoms with Crippen LogP contribution in [0.3, 0.4) is 0 Å². The van der Waals surface area contributed by atoms with Crippen molar-refractivity contribution in [3.05, 3.63) is 64.6 Å². The molecule has 2 aromatic rings. The summed E-state index contributed by atoms with van der Waals surface area (Å²) >= 11 is 1.38. The molecule has 2 heterocycles. The third kappa shape index (κ3) is 6.02. The van der Waals surface area contributed by atoms with E-state index in [-0.39, 0.29) is 47.4 Å². The van der Waals surface area contributed by atoms with Crippen LogP contribution in [0.25, 0.3) is 6.08 Å². The summed E-state index contributed by atoms with van der Waals surface area (Å²) in [7, 11) is 0. The van der Waals surface area contributed by atoms with Crippen molar-refractivity contribution in [3.63, 3.8) is 0 Å². The first kappa shape index (κ1) is 33.8. The van der Waals surface area contributed by atoms with Gasteiger partial charge in [0, 0.05) is 28.7 Å². The molecule has 0 unspecified atom stereocenters. The molecule has 1 amide bonds. The number of carbonyl (C=O) groups is 4. The molecule has 4 N–H and O–H groups in total. The summed E-state index contributed by atoms with van der Waals surface area (Å²) in [5.74, 6) is -3.47. The fraction of sp³-hybridized carbons (Fsp3) is 0.459. The number of esters is 1. The van der Waals surface area contributed by atoms with Gasteiger partial charge < -0.3 is 30.1 Å². The smallest absolute Gasteiger partial charge is 0.339 e. The molecule has 11 heteroatoms. The number of allylic oxidation sites excluding steroid dienone is 2. The van der Waals surface area contributed by atoms with E-state index < -0.39 is 45.9 Å². The van der Waals surface area contributed by atoms with E-state index in [4.69, 9.17) is 9.47 Å². The number of aromatic carboxylic acids is 1. The van der Waals surface area contributed by atoms with Crippen LogP contribution in [-0.4, -0.2) is 56.3 Å². The summed E-state index contributed by atoms with van der Waals surface area (Å²) in [6, 6.07) is 9.72. The number of nitrogens with one attached hydrogen (secondary N) is 1. The summed E-state index contributed by atoms with van der Waals surface area (Å²) in [6.45, 7) is 9.49. The summed E-state index contributed by atoms with van der Waals surface area (Å²) in [4.78, 5) is 53.0. The number of carbonyl (C=O) groups excluding carboxylic acids is 3. The molecule has 4 bridgehead atoms. The van der Waals surface area contributed by atoms with Crippen molar-refractivity contribution in [2.24, 2.45) is 22.7 Å². The lowest BCUT2D eigenvalue weighted by Crippen LogP contribution is -2.57. The largest absolute Gasteiger partial charge is 0.506 e. The van der Waals surface area contributed by atoms with Gasteiger partial charge in [0.1, 0.15) is 22.6 Å². The van der Waals surface area contributed by atoms with Crippen LogP contribution >= 0.6 is 11.8 Å². The molecular formula is C37H41NO9S. The van der Waals surface area contributed by atoms with Crippen molar-refractivity contribution in [1.82, 2.24) is 0 Å². The number of hydrogen-bond acceptors (Lipinski definition) is 9. The maximum atomic E-state index is 14.6.